The van der Waals surface area contributed by atoms with Crippen molar-refractivity contribution in [1.82, 2.24) is 20.1 Å². The molecule has 6 rings (SSSR count). The van der Waals surface area contributed by atoms with Gasteiger partial charge in [0, 0.05) is 68.6 Å². The van der Waals surface area contributed by atoms with Crippen LogP contribution in [0, 0.1) is 11.6 Å². The maximum atomic E-state index is 14.6. The van der Waals surface area contributed by atoms with Crippen LogP contribution in [-0.2, 0) is 13.5 Å². The second-order valence-corrected chi connectivity index (χ2v) is 8.64. The summed E-state index contributed by atoms with van der Waals surface area (Å²) >= 11 is 0. The highest BCUT2D eigenvalue weighted by molar-refractivity contribution is 5.90. The highest BCUT2D eigenvalue weighted by Crippen LogP contribution is 2.37. The van der Waals surface area contributed by atoms with E-state index in [9.17, 15) is 8.78 Å². The van der Waals surface area contributed by atoms with E-state index in [2.05, 4.69) is 33.6 Å². The van der Waals surface area contributed by atoms with Crippen molar-refractivity contribution in [3.05, 3.63) is 83.3 Å². The van der Waals surface area contributed by atoms with Crippen molar-refractivity contribution >= 4 is 22.2 Å². The molecule has 0 amide bonds. The lowest BCUT2D eigenvalue weighted by atomic mass is 9.97. The predicted octanol–water partition coefficient (Wildman–Crippen LogP) is 4.31. The zero-order chi connectivity index (χ0) is 22.5. The maximum absolute atomic E-state index is 14.6. The van der Waals surface area contributed by atoms with Crippen LogP contribution >= 0.6 is 0 Å². The van der Waals surface area contributed by atoms with E-state index < -0.39 is 11.6 Å². The van der Waals surface area contributed by atoms with Crippen LogP contribution in [0.3, 0.4) is 0 Å². The molecule has 0 unspecified atom stereocenters. The van der Waals surface area contributed by atoms with Crippen LogP contribution in [-0.4, -0.2) is 40.9 Å². The summed E-state index contributed by atoms with van der Waals surface area (Å²) in [4.78, 5) is 6.56. The number of fused-ring (bicyclic) bond motifs is 2. The monoisotopic (exact) mass is 443 g/mol. The van der Waals surface area contributed by atoms with Crippen LogP contribution in [0.1, 0.15) is 16.8 Å². The number of nitrogens with zero attached hydrogens (tertiary/aromatic N) is 4. The second-order valence-electron chi connectivity index (χ2n) is 8.64. The summed E-state index contributed by atoms with van der Waals surface area (Å²) < 4.78 is 31.0. The Kier molecular flexibility index (Phi) is 4.73. The molecule has 1 saturated heterocycles. The van der Waals surface area contributed by atoms with E-state index in [0.29, 0.717) is 24.3 Å². The Balaban J connectivity index is 1.40. The molecule has 33 heavy (non-hydrogen) atoms. The average Bonchev–Trinajstić information content (AvgIpc) is 3.42. The number of benzene rings is 2. The van der Waals surface area contributed by atoms with E-state index in [1.165, 1.54) is 6.07 Å². The third-order valence-corrected chi connectivity index (χ3v) is 6.49. The van der Waals surface area contributed by atoms with E-state index in [-0.39, 0.29) is 0 Å². The molecule has 1 N–H and O–H groups in total. The van der Waals surface area contributed by atoms with Crippen LogP contribution in [0.25, 0.3) is 27.6 Å². The molecule has 166 valence electrons. The van der Waals surface area contributed by atoms with E-state index >= 15 is 0 Å². The molecule has 2 aromatic heterocycles. The summed E-state index contributed by atoms with van der Waals surface area (Å²) in [5.41, 5.74) is 6.90. The summed E-state index contributed by atoms with van der Waals surface area (Å²) in [5.74, 6) is -1.63. The molecule has 3 heterocycles. The molecule has 5 nitrogen and oxygen atoms in total. The van der Waals surface area contributed by atoms with Crippen LogP contribution in [0.5, 0.6) is 0 Å². The molecule has 0 atom stereocenters. The van der Waals surface area contributed by atoms with E-state index in [4.69, 9.17) is 0 Å². The van der Waals surface area contributed by atoms with Crippen LogP contribution in [0.2, 0.25) is 0 Å². The minimum atomic E-state index is -0.834. The van der Waals surface area contributed by atoms with Gasteiger partial charge >= 0.3 is 0 Å². The number of hydrogen-bond acceptors (Lipinski definition) is 4. The molecule has 0 radical (unpaired) electrons. The number of aryl methyl sites for hydroxylation is 1. The lowest BCUT2D eigenvalue weighted by Crippen LogP contribution is -2.44. The van der Waals surface area contributed by atoms with Gasteiger partial charge in [-0.05, 0) is 47.0 Å². The average molecular weight is 444 g/mol. The van der Waals surface area contributed by atoms with Gasteiger partial charge < -0.3 is 10.2 Å². The highest BCUT2D eigenvalue weighted by Gasteiger charge is 2.22. The van der Waals surface area contributed by atoms with Gasteiger partial charge in [0.15, 0.2) is 11.6 Å². The lowest BCUT2D eigenvalue weighted by Gasteiger charge is -2.30. The molecule has 1 aliphatic carbocycles. The van der Waals surface area contributed by atoms with Gasteiger partial charge in [0.2, 0.25) is 0 Å². The van der Waals surface area contributed by atoms with Gasteiger partial charge in [-0.1, -0.05) is 12.1 Å². The summed E-state index contributed by atoms with van der Waals surface area (Å²) in [6.07, 6.45) is 6.69. The Hall–Kier alpha value is -3.58. The summed E-state index contributed by atoms with van der Waals surface area (Å²) in [5, 5.41) is 8.78. The van der Waals surface area contributed by atoms with Crippen molar-refractivity contribution in [3.63, 3.8) is 0 Å². The van der Waals surface area contributed by atoms with E-state index in [1.54, 1.807) is 12.3 Å². The Labute approximate surface area is 190 Å². The molecule has 0 bridgehead atoms. The first-order valence-electron chi connectivity index (χ1n) is 11.1. The summed E-state index contributed by atoms with van der Waals surface area (Å²) in [7, 11) is 1.91. The van der Waals surface area contributed by atoms with Gasteiger partial charge in [-0.15, -0.1) is 0 Å². The van der Waals surface area contributed by atoms with Gasteiger partial charge in [0.1, 0.15) is 0 Å². The summed E-state index contributed by atoms with van der Waals surface area (Å²) in [6, 6.07) is 11.3. The predicted molar refractivity (Wildman–Crippen MR) is 126 cm³/mol. The standard InChI is InChI=1S/C26H23F2N5/c1-32-15-19-10-16(2-4-23(19)31-32)20-3-5-24-21(20)11-18(14-30-24)17-12-22(27)26(28)25(13-17)33-8-6-29-7-9-33/h2-4,10-15,29H,5-9H2,1H3. The first-order chi connectivity index (χ1) is 16.1. The van der Waals surface area contributed by atoms with Crippen molar-refractivity contribution in [2.45, 2.75) is 6.42 Å². The molecule has 2 aliphatic rings. The lowest BCUT2D eigenvalue weighted by molar-refractivity contribution is 0.500. The molecule has 0 saturated carbocycles. The first-order valence-corrected chi connectivity index (χ1v) is 11.1. The number of aromatic nitrogens is 3. The number of piperazine rings is 1. The summed E-state index contributed by atoms with van der Waals surface area (Å²) in [6.45, 7) is 2.79. The zero-order valence-electron chi connectivity index (χ0n) is 18.3. The number of rotatable bonds is 3. The Bertz CT molecular complexity index is 1420. The Morgan fingerprint density at radius 1 is 0.970 bits per heavy atom. The number of pyridine rings is 1. The molecule has 1 fully saturated rings. The third-order valence-electron chi connectivity index (χ3n) is 6.49. The highest BCUT2D eigenvalue weighted by atomic mass is 19.2. The molecule has 1 aliphatic heterocycles. The van der Waals surface area contributed by atoms with Gasteiger partial charge in [0.25, 0.3) is 0 Å². The fourth-order valence-electron chi connectivity index (χ4n) is 4.82. The maximum Gasteiger partial charge on any atom is 0.182 e. The fourth-order valence-corrected chi connectivity index (χ4v) is 4.82. The first kappa shape index (κ1) is 20.1. The van der Waals surface area contributed by atoms with Gasteiger partial charge in [-0.25, -0.2) is 8.78 Å². The normalized spacial score (nSPS) is 15.7. The number of allylic oxidation sites excluding steroid dienone is 1. The van der Waals surface area contributed by atoms with Crippen molar-refractivity contribution in [2.75, 3.05) is 31.1 Å². The second kappa shape index (κ2) is 7.78. The topological polar surface area (TPSA) is 46.0 Å². The molecular formula is C26H23F2N5. The number of anilines is 1. The number of nitrogens with one attached hydrogen (secondary N) is 1. The minimum Gasteiger partial charge on any atom is -0.367 e. The van der Waals surface area contributed by atoms with E-state index in [1.807, 2.05) is 35.0 Å². The Morgan fingerprint density at radius 2 is 1.82 bits per heavy atom. The quantitative estimate of drug-likeness (QED) is 0.513. The van der Waals surface area contributed by atoms with Gasteiger partial charge in [0.05, 0.1) is 16.9 Å². The van der Waals surface area contributed by atoms with Crippen LogP contribution in [0.4, 0.5) is 14.5 Å². The van der Waals surface area contributed by atoms with Crippen molar-refractivity contribution in [1.29, 1.82) is 0 Å². The number of halogens is 2. The van der Waals surface area contributed by atoms with Crippen LogP contribution < -0.4 is 10.2 Å². The van der Waals surface area contributed by atoms with Gasteiger partial charge in [-0.3, -0.25) is 9.67 Å². The molecule has 2 aromatic carbocycles. The fraction of sp³-hybridized carbons (Fsp3) is 0.231. The molecule has 7 heteroatoms. The molecule has 0 spiro atoms. The van der Waals surface area contributed by atoms with Crippen molar-refractivity contribution in [2.24, 2.45) is 7.05 Å². The van der Waals surface area contributed by atoms with Crippen molar-refractivity contribution in [3.8, 4) is 11.1 Å². The SMILES string of the molecule is Cn1cc2cc(C3=CCc4ncc(-c5cc(F)c(F)c(N6CCNCC6)c5)cc43)ccc2n1. The Morgan fingerprint density at radius 3 is 2.67 bits per heavy atom. The minimum absolute atomic E-state index is 0.310. The van der Waals surface area contributed by atoms with Crippen LogP contribution in [0.15, 0.2) is 54.9 Å². The molecule has 4 aromatic rings. The zero-order valence-corrected chi connectivity index (χ0v) is 18.3. The third kappa shape index (κ3) is 3.49. The molecular weight excluding hydrogens is 420 g/mol. The largest absolute Gasteiger partial charge is 0.367 e. The van der Waals surface area contributed by atoms with Crippen molar-refractivity contribution < 1.29 is 8.78 Å². The van der Waals surface area contributed by atoms with E-state index in [0.717, 1.165) is 58.4 Å². The van der Waals surface area contributed by atoms with Gasteiger partial charge in [-0.2, -0.15) is 5.10 Å². The smallest absolute Gasteiger partial charge is 0.182 e. The number of hydrogen-bond donors (Lipinski definition) is 1.